The number of hydrogen-bond donors (Lipinski definition) is 1. The van der Waals surface area contributed by atoms with Crippen LogP contribution in [0.4, 0.5) is 5.69 Å². The molecule has 1 amide bonds. The highest BCUT2D eigenvalue weighted by atomic mass is 32.2. The van der Waals surface area contributed by atoms with Gasteiger partial charge >= 0.3 is 0 Å². The monoisotopic (exact) mass is 378 g/mol. The summed E-state index contributed by atoms with van der Waals surface area (Å²) in [6.45, 7) is 1.84. The molecule has 0 bridgehead atoms. The van der Waals surface area contributed by atoms with Gasteiger partial charge in [-0.1, -0.05) is 42.1 Å². The molecule has 1 atom stereocenters. The summed E-state index contributed by atoms with van der Waals surface area (Å²) in [5.41, 5.74) is 3.25. The summed E-state index contributed by atoms with van der Waals surface area (Å²) >= 11 is 1.36. The molecule has 27 heavy (non-hydrogen) atoms. The predicted molar refractivity (Wildman–Crippen MR) is 105 cm³/mol. The minimum Gasteiger partial charge on any atom is -0.325 e. The first kappa shape index (κ1) is 17.5. The van der Waals surface area contributed by atoms with Gasteiger partial charge in [-0.3, -0.25) is 9.59 Å². The van der Waals surface area contributed by atoms with Gasteiger partial charge in [-0.2, -0.15) is 0 Å². The van der Waals surface area contributed by atoms with Crippen molar-refractivity contribution in [2.45, 2.75) is 18.0 Å². The van der Waals surface area contributed by atoms with Gasteiger partial charge in [0.1, 0.15) is 0 Å². The molecule has 2 heterocycles. The van der Waals surface area contributed by atoms with Crippen LogP contribution in [0.25, 0.3) is 11.4 Å². The van der Waals surface area contributed by atoms with Gasteiger partial charge in [0.25, 0.3) is 0 Å². The second kappa shape index (κ2) is 7.00. The molecule has 0 saturated carbocycles. The largest absolute Gasteiger partial charge is 0.325 e. The van der Waals surface area contributed by atoms with E-state index in [2.05, 4.69) is 15.5 Å². The fourth-order valence-electron chi connectivity index (χ4n) is 3.08. The summed E-state index contributed by atoms with van der Waals surface area (Å²) in [6.07, 6.45) is 0. The third-order valence-corrected chi connectivity index (χ3v) is 5.71. The number of Topliss-reactive ketones (excluding diaryl/α,β-unsaturated/α-hetero) is 1. The minimum absolute atomic E-state index is 0.00129. The molecule has 0 spiro atoms. The molecule has 0 aliphatic carbocycles. The van der Waals surface area contributed by atoms with Gasteiger partial charge in [0.15, 0.2) is 16.8 Å². The number of amides is 1. The molecule has 0 unspecified atom stereocenters. The zero-order valence-corrected chi connectivity index (χ0v) is 15.8. The molecule has 0 saturated heterocycles. The van der Waals surface area contributed by atoms with Crippen molar-refractivity contribution in [3.05, 3.63) is 59.7 Å². The Morgan fingerprint density at radius 3 is 2.74 bits per heavy atom. The molecule has 3 aromatic rings. The molecule has 1 N–H and O–H groups in total. The Bertz CT molecular complexity index is 1030. The summed E-state index contributed by atoms with van der Waals surface area (Å²) in [6, 6.07) is 15.2. The number of ketones is 1. The maximum absolute atomic E-state index is 12.6. The Kier molecular flexibility index (Phi) is 4.53. The average molecular weight is 378 g/mol. The van der Waals surface area contributed by atoms with Gasteiger partial charge in [0.05, 0.1) is 11.7 Å². The number of nitrogens with one attached hydrogen (secondary N) is 1. The van der Waals surface area contributed by atoms with Crippen LogP contribution in [0, 0.1) is 0 Å². The van der Waals surface area contributed by atoms with Gasteiger partial charge in [-0.05, 0) is 30.7 Å². The van der Waals surface area contributed by atoms with Gasteiger partial charge in [-0.25, -0.2) is 0 Å². The molecule has 0 fully saturated rings. The lowest BCUT2D eigenvalue weighted by Crippen LogP contribution is -2.08. The van der Waals surface area contributed by atoms with Crippen LogP contribution in [0.15, 0.2) is 53.7 Å². The Morgan fingerprint density at radius 1 is 1.19 bits per heavy atom. The van der Waals surface area contributed by atoms with E-state index < -0.39 is 0 Å². The van der Waals surface area contributed by atoms with Crippen molar-refractivity contribution < 1.29 is 9.59 Å². The van der Waals surface area contributed by atoms with Crippen molar-refractivity contribution in [2.75, 3.05) is 11.1 Å². The molecule has 136 valence electrons. The molecule has 1 aromatic heterocycles. The van der Waals surface area contributed by atoms with Crippen molar-refractivity contribution in [3.63, 3.8) is 0 Å². The molecule has 4 rings (SSSR count). The number of carbonyl (C=O) groups is 2. The average Bonchev–Trinajstić information content (AvgIpc) is 3.20. The van der Waals surface area contributed by atoms with Gasteiger partial charge < -0.3 is 9.88 Å². The van der Waals surface area contributed by atoms with E-state index in [0.29, 0.717) is 10.7 Å². The van der Waals surface area contributed by atoms with Crippen LogP contribution < -0.4 is 5.32 Å². The van der Waals surface area contributed by atoms with E-state index in [9.17, 15) is 9.59 Å². The first-order chi connectivity index (χ1) is 13.0. The van der Waals surface area contributed by atoms with Gasteiger partial charge in [-0.15, -0.1) is 10.2 Å². The lowest BCUT2D eigenvalue weighted by Gasteiger charge is -2.06. The summed E-state index contributed by atoms with van der Waals surface area (Å²) < 4.78 is 1.89. The molecule has 2 aromatic carbocycles. The number of fused-ring (bicyclic) bond motifs is 1. The standard InChI is InChI=1S/C20H18N4O2S/c1-12-15-10-14(8-9-16(15)21-19(12)26)17(25)11-27-20-23-22-18(24(20)2)13-6-4-3-5-7-13/h3-10,12H,11H2,1-2H3,(H,21,26)/t12-/m1/s1. The number of nitrogens with zero attached hydrogens (tertiary/aromatic N) is 3. The highest BCUT2D eigenvalue weighted by molar-refractivity contribution is 7.99. The maximum atomic E-state index is 12.6. The summed E-state index contributed by atoms with van der Waals surface area (Å²) in [4.78, 5) is 24.4. The molecule has 1 aliphatic rings. The highest BCUT2D eigenvalue weighted by Crippen LogP contribution is 2.33. The molecule has 0 radical (unpaired) electrons. The number of aromatic nitrogens is 3. The van der Waals surface area contributed by atoms with Gasteiger partial charge in [0, 0.05) is 23.9 Å². The van der Waals surface area contributed by atoms with Crippen LogP contribution in [0.2, 0.25) is 0 Å². The topological polar surface area (TPSA) is 76.9 Å². The van der Waals surface area contributed by atoms with Crippen LogP contribution >= 0.6 is 11.8 Å². The lowest BCUT2D eigenvalue weighted by molar-refractivity contribution is -0.116. The number of thioether (sulfide) groups is 1. The molecule has 6 nitrogen and oxygen atoms in total. The van der Waals surface area contributed by atoms with Crippen molar-refractivity contribution in [2.24, 2.45) is 7.05 Å². The zero-order valence-electron chi connectivity index (χ0n) is 15.0. The maximum Gasteiger partial charge on any atom is 0.231 e. The van der Waals surface area contributed by atoms with Crippen molar-refractivity contribution in [1.82, 2.24) is 14.8 Å². The van der Waals surface area contributed by atoms with E-state index in [0.717, 1.165) is 22.6 Å². The van der Waals surface area contributed by atoms with Crippen LogP contribution in [0.1, 0.15) is 28.8 Å². The molecule has 7 heteroatoms. The van der Waals surface area contributed by atoms with Crippen LogP contribution in [0.5, 0.6) is 0 Å². The molecule has 1 aliphatic heterocycles. The first-order valence-corrected chi connectivity index (χ1v) is 9.59. The van der Waals surface area contributed by atoms with Crippen molar-refractivity contribution >= 4 is 29.1 Å². The summed E-state index contributed by atoms with van der Waals surface area (Å²) in [5, 5.41) is 12.0. The normalized spacial score (nSPS) is 15.5. The molecular weight excluding hydrogens is 360 g/mol. The third kappa shape index (κ3) is 3.26. The zero-order chi connectivity index (χ0) is 19.0. The third-order valence-electron chi connectivity index (χ3n) is 4.69. The van der Waals surface area contributed by atoms with Crippen LogP contribution in [0.3, 0.4) is 0 Å². The second-order valence-corrected chi connectivity index (χ2v) is 7.40. The number of benzene rings is 2. The fraction of sp³-hybridized carbons (Fsp3) is 0.200. The Morgan fingerprint density at radius 2 is 1.96 bits per heavy atom. The number of carbonyl (C=O) groups excluding carboxylic acids is 2. The number of hydrogen-bond acceptors (Lipinski definition) is 5. The number of anilines is 1. The highest BCUT2D eigenvalue weighted by Gasteiger charge is 2.27. The predicted octanol–water partition coefficient (Wildman–Crippen LogP) is 3.51. The fourth-order valence-corrected chi connectivity index (χ4v) is 3.89. The van der Waals surface area contributed by atoms with E-state index in [1.807, 2.05) is 54.9 Å². The SMILES string of the molecule is C[C@H]1C(=O)Nc2ccc(C(=O)CSc3nnc(-c4ccccc4)n3C)cc21. The Hall–Kier alpha value is -2.93. The van der Waals surface area contributed by atoms with Crippen LogP contribution in [-0.4, -0.2) is 32.2 Å². The first-order valence-electron chi connectivity index (χ1n) is 8.60. The second-order valence-electron chi connectivity index (χ2n) is 6.46. The Labute approximate surface area is 161 Å². The summed E-state index contributed by atoms with van der Waals surface area (Å²) in [7, 11) is 1.89. The lowest BCUT2D eigenvalue weighted by atomic mass is 9.99. The quantitative estimate of drug-likeness (QED) is 0.543. The molecular formula is C20H18N4O2S. The van der Waals surface area contributed by atoms with Crippen LogP contribution in [-0.2, 0) is 11.8 Å². The van der Waals surface area contributed by atoms with E-state index in [1.165, 1.54) is 11.8 Å². The van der Waals surface area contributed by atoms with Gasteiger partial charge in [0.2, 0.25) is 5.91 Å². The Balaban J connectivity index is 1.48. The summed E-state index contributed by atoms with van der Waals surface area (Å²) in [5.74, 6) is 0.763. The van der Waals surface area contributed by atoms with E-state index in [4.69, 9.17) is 0 Å². The van der Waals surface area contributed by atoms with Crippen molar-refractivity contribution in [3.8, 4) is 11.4 Å². The smallest absolute Gasteiger partial charge is 0.231 e. The minimum atomic E-state index is -0.229. The van der Waals surface area contributed by atoms with E-state index in [1.54, 1.807) is 12.1 Å². The van der Waals surface area contributed by atoms with E-state index >= 15 is 0 Å². The van der Waals surface area contributed by atoms with Crippen molar-refractivity contribution in [1.29, 1.82) is 0 Å². The van der Waals surface area contributed by atoms with E-state index in [-0.39, 0.29) is 23.4 Å². The number of rotatable bonds is 5.